The molecule has 4 nitrogen and oxygen atoms in total. The highest BCUT2D eigenvalue weighted by Gasteiger charge is 2.32. The summed E-state index contributed by atoms with van der Waals surface area (Å²) in [4.78, 5) is 16.8. The average Bonchev–Trinajstić information content (AvgIpc) is 3.11. The zero-order valence-electron chi connectivity index (χ0n) is 16.1. The van der Waals surface area contributed by atoms with Gasteiger partial charge in [-0.05, 0) is 49.1 Å². The van der Waals surface area contributed by atoms with E-state index in [1.165, 1.54) is 19.3 Å². The molecule has 0 aliphatic heterocycles. The van der Waals surface area contributed by atoms with Gasteiger partial charge >= 0.3 is 0 Å². The van der Waals surface area contributed by atoms with Gasteiger partial charge in [-0.25, -0.2) is 4.98 Å². The number of nitrogens with one attached hydrogen (secondary N) is 1. The first-order valence-corrected chi connectivity index (χ1v) is 9.77. The molecular formula is C22H30N2O2. The van der Waals surface area contributed by atoms with Gasteiger partial charge in [-0.3, -0.25) is 4.79 Å². The van der Waals surface area contributed by atoms with Gasteiger partial charge < -0.3 is 9.73 Å². The Morgan fingerprint density at radius 3 is 2.54 bits per heavy atom. The Morgan fingerprint density at radius 1 is 1.19 bits per heavy atom. The second-order valence-corrected chi connectivity index (χ2v) is 8.14. The summed E-state index contributed by atoms with van der Waals surface area (Å²) in [6.45, 7) is 7.01. The zero-order chi connectivity index (χ0) is 18.6. The number of rotatable bonds is 6. The lowest BCUT2D eigenvalue weighted by atomic mass is 9.69. The first-order valence-electron chi connectivity index (χ1n) is 9.77. The molecule has 26 heavy (non-hydrogen) atoms. The third-order valence-corrected chi connectivity index (χ3v) is 6.02. The Bertz CT molecular complexity index is 713. The molecule has 1 fully saturated rings. The fourth-order valence-electron chi connectivity index (χ4n) is 3.85. The average molecular weight is 354 g/mol. The molecule has 1 aromatic carbocycles. The summed E-state index contributed by atoms with van der Waals surface area (Å²) >= 11 is 0. The van der Waals surface area contributed by atoms with E-state index in [1.54, 1.807) is 6.26 Å². The van der Waals surface area contributed by atoms with Crippen molar-refractivity contribution in [1.29, 1.82) is 0 Å². The van der Waals surface area contributed by atoms with Gasteiger partial charge in [0.15, 0.2) is 0 Å². The van der Waals surface area contributed by atoms with E-state index in [-0.39, 0.29) is 12.3 Å². The summed E-state index contributed by atoms with van der Waals surface area (Å²) in [6, 6.07) is 10.0. The molecule has 1 amide bonds. The van der Waals surface area contributed by atoms with Crippen molar-refractivity contribution >= 4 is 5.91 Å². The van der Waals surface area contributed by atoms with Gasteiger partial charge in [0.1, 0.15) is 6.26 Å². The Hall–Kier alpha value is -2.10. The van der Waals surface area contributed by atoms with Crippen LogP contribution in [-0.2, 0) is 11.2 Å². The maximum atomic E-state index is 12.4. The minimum atomic E-state index is 0.0381. The Kier molecular flexibility index (Phi) is 5.80. The summed E-state index contributed by atoms with van der Waals surface area (Å²) in [5.74, 6) is 1.37. The third kappa shape index (κ3) is 4.54. The molecule has 2 aromatic rings. The van der Waals surface area contributed by atoms with Crippen molar-refractivity contribution in [3.05, 3.63) is 42.3 Å². The van der Waals surface area contributed by atoms with E-state index in [0.29, 0.717) is 23.0 Å². The molecule has 3 rings (SSSR count). The second kappa shape index (κ2) is 8.07. The van der Waals surface area contributed by atoms with Crippen molar-refractivity contribution in [1.82, 2.24) is 10.3 Å². The van der Waals surface area contributed by atoms with Crippen molar-refractivity contribution < 1.29 is 9.21 Å². The summed E-state index contributed by atoms with van der Waals surface area (Å²) in [7, 11) is 0. The van der Waals surface area contributed by atoms with Crippen LogP contribution in [0.3, 0.4) is 0 Å². The predicted molar refractivity (Wildman–Crippen MR) is 104 cm³/mol. The van der Waals surface area contributed by atoms with Crippen molar-refractivity contribution in [3.8, 4) is 11.5 Å². The number of carbonyl (C=O) groups is 1. The quantitative estimate of drug-likeness (QED) is 0.794. The van der Waals surface area contributed by atoms with Crippen molar-refractivity contribution in [3.63, 3.8) is 0 Å². The number of aromatic nitrogens is 1. The molecule has 1 aliphatic rings. The molecule has 0 spiro atoms. The van der Waals surface area contributed by atoms with Crippen LogP contribution in [-0.4, -0.2) is 16.9 Å². The molecule has 1 heterocycles. The summed E-state index contributed by atoms with van der Waals surface area (Å²) < 4.78 is 5.51. The van der Waals surface area contributed by atoms with E-state index in [9.17, 15) is 4.79 Å². The molecule has 4 heteroatoms. The van der Waals surface area contributed by atoms with E-state index < -0.39 is 0 Å². The van der Waals surface area contributed by atoms with Gasteiger partial charge in [0, 0.05) is 11.6 Å². The molecule has 1 aromatic heterocycles. The van der Waals surface area contributed by atoms with E-state index in [1.807, 2.05) is 30.3 Å². The van der Waals surface area contributed by atoms with Gasteiger partial charge in [-0.15, -0.1) is 0 Å². The fraction of sp³-hybridized carbons (Fsp3) is 0.545. The molecule has 0 bridgehead atoms. The van der Waals surface area contributed by atoms with E-state index in [0.717, 1.165) is 24.3 Å². The van der Waals surface area contributed by atoms with E-state index in [2.05, 4.69) is 31.1 Å². The maximum Gasteiger partial charge on any atom is 0.226 e. The number of oxazole rings is 1. The molecule has 0 radical (unpaired) electrons. The van der Waals surface area contributed by atoms with Crippen molar-refractivity contribution in [2.45, 2.75) is 65.3 Å². The van der Waals surface area contributed by atoms with Gasteiger partial charge in [0.25, 0.3) is 0 Å². The van der Waals surface area contributed by atoms with Crippen LogP contribution < -0.4 is 5.32 Å². The first kappa shape index (κ1) is 18.7. The number of nitrogens with zero attached hydrogens (tertiary/aromatic N) is 1. The SMILES string of the molecule is CCC(C)(C)C1CCC(NC(=O)Cc2coc(-c3ccccc3)n2)CC1. The van der Waals surface area contributed by atoms with Gasteiger partial charge in [0.2, 0.25) is 11.8 Å². The molecule has 1 aliphatic carbocycles. The highest BCUT2D eigenvalue weighted by atomic mass is 16.3. The number of carbonyl (C=O) groups excluding carboxylic acids is 1. The number of hydrogen-bond acceptors (Lipinski definition) is 3. The Labute approximate surface area is 156 Å². The Morgan fingerprint density at radius 2 is 1.88 bits per heavy atom. The van der Waals surface area contributed by atoms with Crippen molar-refractivity contribution in [2.75, 3.05) is 0 Å². The smallest absolute Gasteiger partial charge is 0.226 e. The normalized spacial score (nSPS) is 20.7. The van der Waals surface area contributed by atoms with Crippen LogP contribution in [0.15, 0.2) is 41.0 Å². The monoisotopic (exact) mass is 354 g/mol. The van der Waals surface area contributed by atoms with Crippen LogP contribution >= 0.6 is 0 Å². The minimum Gasteiger partial charge on any atom is -0.444 e. The van der Waals surface area contributed by atoms with E-state index >= 15 is 0 Å². The van der Waals surface area contributed by atoms with E-state index in [4.69, 9.17) is 4.42 Å². The highest BCUT2D eigenvalue weighted by molar-refractivity contribution is 5.78. The van der Waals surface area contributed by atoms with Crippen LogP contribution in [0.1, 0.15) is 58.6 Å². The third-order valence-electron chi connectivity index (χ3n) is 6.02. The lowest BCUT2D eigenvalue weighted by molar-refractivity contribution is -0.121. The van der Waals surface area contributed by atoms with Crippen LogP contribution in [0.4, 0.5) is 0 Å². The number of hydrogen-bond donors (Lipinski definition) is 1. The van der Waals surface area contributed by atoms with Crippen LogP contribution in [0.2, 0.25) is 0 Å². The van der Waals surface area contributed by atoms with Gasteiger partial charge in [-0.1, -0.05) is 45.4 Å². The summed E-state index contributed by atoms with van der Waals surface area (Å²) in [5, 5.41) is 3.19. The molecule has 1 N–H and O–H groups in total. The van der Waals surface area contributed by atoms with Crippen molar-refractivity contribution in [2.24, 2.45) is 11.3 Å². The second-order valence-electron chi connectivity index (χ2n) is 8.14. The van der Waals surface area contributed by atoms with Crippen LogP contribution in [0.5, 0.6) is 0 Å². The molecule has 0 unspecified atom stereocenters. The van der Waals surface area contributed by atoms with Crippen LogP contribution in [0.25, 0.3) is 11.5 Å². The topological polar surface area (TPSA) is 55.1 Å². The summed E-state index contributed by atoms with van der Waals surface area (Å²) in [6.07, 6.45) is 7.63. The molecular weight excluding hydrogens is 324 g/mol. The summed E-state index contributed by atoms with van der Waals surface area (Å²) in [5.41, 5.74) is 2.02. The first-order chi connectivity index (χ1) is 12.5. The zero-order valence-corrected chi connectivity index (χ0v) is 16.1. The molecule has 0 atom stereocenters. The largest absolute Gasteiger partial charge is 0.444 e. The van der Waals surface area contributed by atoms with Gasteiger partial charge in [-0.2, -0.15) is 0 Å². The maximum absolute atomic E-state index is 12.4. The molecule has 0 saturated heterocycles. The lowest BCUT2D eigenvalue weighted by Crippen LogP contribution is -2.40. The van der Waals surface area contributed by atoms with Gasteiger partial charge in [0.05, 0.1) is 12.1 Å². The molecule has 140 valence electrons. The minimum absolute atomic E-state index is 0.0381. The number of benzene rings is 1. The highest BCUT2D eigenvalue weighted by Crippen LogP contribution is 2.40. The Balaban J connectivity index is 1.49. The van der Waals surface area contributed by atoms with Crippen LogP contribution in [0, 0.1) is 11.3 Å². The standard InChI is InChI=1S/C22H30N2O2/c1-4-22(2,3)17-10-12-18(13-11-17)23-20(25)14-19-15-26-21(24-19)16-8-6-5-7-9-16/h5-9,15,17-18H,4,10-14H2,1-3H3,(H,23,25). The number of amides is 1. The lowest BCUT2D eigenvalue weighted by Gasteiger charge is -2.39. The molecule has 1 saturated carbocycles. The fourth-order valence-corrected chi connectivity index (χ4v) is 3.85. The predicted octanol–water partition coefficient (Wildman–Crippen LogP) is 5.00.